The molecule has 0 spiro atoms. The van der Waals surface area contributed by atoms with Crippen molar-refractivity contribution in [3.63, 3.8) is 0 Å². The first kappa shape index (κ1) is 20.8. The summed E-state index contributed by atoms with van der Waals surface area (Å²) in [4.78, 5) is 4.74. The summed E-state index contributed by atoms with van der Waals surface area (Å²) >= 11 is 0. The van der Waals surface area contributed by atoms with Gasteiger partial charge in [-0.05, 0) is 48.2 Å². The van der Waals surface area contributed by atoms with E-state index < -0.39 is 10.0 Å². The molecule has 0 aromatic heterocycles. The molecule has 4 nitrogen and oxygen atoms in total. The lowest BCUT2D eigenvalue weighted by Gasteiger charge is -2.18. The van der Waals surface area contributed by atoms with Crippen LogP contribution in [-0.2, 0) is 15.4 Å². The maximum absolute atomic E-state index is 12.7. The predicted molar refractivity (Wildman–Crippen MR) is 121 cm³/mol. The van der Waals surface area contributed by atoms with Crippen LogP contribution in [-0.4, -0.2) is 14.6 Å². The van der Waals surface area contributed by atoms with Gasteiger partial charge in [-0.3, -0.25) is 9.71 Å². The summed E-state index contributed by atoms with van der Waals surface area (Å²) < 4.78 is 28.1. The summed E-state index contributed by atoms with van der Waals surface area (Å²) in [7, 11) is -3.67. The van der Waals surface area contributed by atoms with E-state index in [1.54, 1.807) is 42.6 Å². The zero-order chi connectivity index (χ0) is 21.1. The highest BCUT2D eigenvalue weighted by atomic mass is 32.2. The Labute approximate surface area is 173 Å². The number of rotatable bonds is 5. The van der Waals surface area contributed by atoms with Gasteiger partial charge < -0.3 is 0 Å². The van der Waals surface area contributed by atoms with Crippen molar-refractivity contribution in [3.05, 3.63) is 89.5 Å². The van der Waals surface area contributed by atoms with Crippen LogP contribution in [0.3, 0.4) is 0 Å². The van der Waals surface area contributed by atoms with Gasteiger partial charge in [-0.1, -0.05) is 68.8 Å². The maximum Gasteiger partial charge on any atom is 0.261 e. The topological polar surface area (TPSA) is 58.5 Å². The van der Waals surface area contributed by atoms with Crippen LogP contribution in [0.2, 0.25) is 0 Å². The molecule has 0 unspecified atom stereocenters. The van der Waals surface area contributed by atoms with Gasteiger partial charge in [-0.2, -0.15) is 0 Å². The Bertz CT molecular complexity index is 1110. The molecule has 0 amide bonds. The number of benzene rings is 3. The summed E-state index contributed by atoms with van der Waals surface area (Å²) in [5, 5.41) is 0. The maximum atomic E-state index is 12.7. The van der Waals surface area contributed by atoms with Gasteiger partial charge in [0.15, 0.2) is 0 Å². The Balaban J connectivity index is 1.84. The van der Waals surface area contributed by atoms with Crippen molar-refractivity contribution in [1.29, 1.82) is 0 Å². The number of hydrogen-bond donors (Lipinski definition) is 1. The van der Waals surface area contributed by atoms with Crippen molar-refractivity contribution >= 4 is 27.6 Å². The first-order valence-corrected chi connectivity index (χ1v) is 11.0. The molecule has 3 aromatic carbocycles. The zero-order valence-electron chi connectivity index (χ0n) is 17.2. The van der Waals surface area contributed by atoms with Crippen molar-refractivity contribution in [2.24, 2.45) is 4.99 Å². The van der Waals surface area contributed by atoms with E-state index in [4.69, 9.17) is 0 Å². The molecule has 0 aliphatic heterocycles. The van der Waals surface area contributed by atoms with Crippen LogP contribution in [0.1, 0.15) is 37.5 Å². The van der Waals surface area contributed by atoms with Crippen molar-refractivity contribution in [2.75, 3.05) is 4.72 Å². The Morgan fingerprint density at radius 2 is 1.48 bits per heavy atom. The van der Waals surface area contributed by atoms with Crippen LogP contribution in [0.15, 0.2) is 82.7 Å². The Morgan fingerprint density at radius 3 is 2.10 bits per heavy atom. The van der Waals surface area contributed by atoms with E-state index in [1.165, 1.54) is 5.56 Å². The molecule has 0 atom stereocenters. The minimum atomic E-state index is -3.67. The number of para-hydroxylation sites is 1. The number of hydrogen-bond acceptors (Lipinski definition) is 3. The molecule has 5 heteroatoms. The fourth-order valence-electron chi connectivity index (χ4n) is 2.82. The molecular weight excluding hydrogens is 380 g/mol. The summed E-state index contributed by atoms with van der Waals surface area (Å²) in [6, 6.07) is 22.1. The molecule has 0 aliphatic carbocycles. The highest BCUT2D eigenvalue weighted by Crippen LogP contribution is 2.25. The SMILES string of the molecule is Cc1ccc(S(=O)(=O)Nc2ccccc2C=Nc2ccc(C(C)(C)C)cc2)cc1. The molecule has 1 N–H and O–H groups in total. The van der Waals surface area contributed by atoms with Gasteiger partial charge in [-0.25, -0.2) is 8.42 Å². The molecule has 0 fully saturated rings. The van der Waals surface area contributed by atoms with Gasteiger partial charge in [0.05, 0.1) is 16.3 Å². The van der Waals surface area contributed by atoms with Crippen molar-refractivity contribution < 1.29 is 8.42 Å². The number of anilines is 1. The lowest BCUT2D eigenvalue weighted by Crippen LogP contribution is -2.14. The second kappa shape index (κ2) is 8.21. The fourth-order valence-corrected chi connectivity index (χ4v) is 3.90. The number of nitrogens with zero attached hydrogens (tertiary/aromatic N) is 1. The molecule has 150 valence electrons. The van der Waals surface area contributed by atoms with Gasteiger partial charge >= 0.3 is 0 Å². The summed E-state index contributed by atoms with van der Waals surface area (Å²) in [6.07, 6.45) is 1.68. The van der Waals surface area contributed by atoms with Crippen LogP contribution in [0, 0.1) is 6.92 Å². The van der Waals surface area contributed by atoms with E-state index in [0.29, 0.717) is 11.3 Å². The Kier molecular flexibility index (Phi) is 5.89. The highest BCUT2D eigenvalue weighted by molar-refractivity contribution is 7.92. The minimum Gasteiger partial charge on any atom is -0.279 e. The molecule has 3 rings (SSSR count). The Morgan fingerprint density at radius 1 is 0.862 bits per heavy atom. The number of nitrogens with one attached hydrogen (secondary N) is 1. The van der Waals surface area contributed by atoms with Gasteiger partial charge in [0.1, 0.15) is 0 Å². The third kappa shape index (κ3) is 5.33. The van der Waals surface area contributed by atoms with Crippen LogP contribution in [0.4, 0.5) is 11.4 Å². The lowest BCUT2D eigenvalue weighted by atomic mass is 9.87. The van der Waals surface area contributed by atoms with Crippen LogP contribution >= 0.6 is 0 Å². The smallest absolute Gasteiger partial charge is 0.261 e. The highest BCUT2D eigenvalue weighted by Gasteiger charge is 2.15. The van der Waals surface area contributed by atoms with Gasteiger partial charge in [0.2, 0.25) is 0 Å². The quantitative estimate of drug-likeness (QED) is 0.541. The van der Waals surface area contributed by atoms with Crippen LogP contribution in [0.5, 0.6) is 0 Å². The molecule has 0 bridgehead atoms. The Hall–Kier alpha value is -2.92. The third-order valence-electron chi connectivity index (χ3n) is 4.62. The van der Waals surface area contributed by atoms with E-state index in [0.717, 1.165) is 11.3 Å². The molecule has 0 aliphatic rings. The van der Waals surface area contributed by atoms with Crippen molar-refractivity contribution in [2.45, 2.75) is 38.0 Å². The van der Waals surface area contributed by atoms with E-state index in [-0.39, 0.29) is 10.3 Å². The first-order chi connectivity index (χ1) is 13.6. The second-order valence-corrected chi connectivity index (χ2v) is 9.74. The number of aliphatic imine (C=N–C) groups is 1. The lowest BCUT2D eigenvalue weighted by molar-refractivity contribution is 0.590. The monoisotopic (exact) mass is 406 g/mol. The third-order valence-corrected chi connectivity index (χ3v) is 6.00. The molecule has 0 radical (unpaired) electrons. The predicted octanol–water partition coefficient (Wildman–Crippen LogP) is 5.84. The first-order valence-electron chi connectivity index (χ1n) is 9.48. The minimum absolute atomic E-state index is 0.0864. The second-order valence-electron chi connectivity index (χ2n) is 8.06. The molecule has 3 aromatic rings. The van der Waals surface area contributed by atoms with Crippen LogP contribution in [0.25, 0.3) is 0 Å². The van der Waals surface area contributed by atoms with Gasteiger partial charge in [-0.15, -0.1) is 0 Å². The molecule has 0 saturated heterocycles. The summed E-state index contributed by atoms with van der Waals surface area (Å²) in [6.45, 7) is 8.43. The molecule has 29 heavy (non-hydrogen) atoms. The number of aryl methyl sites for hydroxylation is 1. The summed E-state index contributed by atoms with van der Waals surface area (Å²) in [5.74, 6) is 0. The van der Waals surface area contributed by atoms with Gasteiger partial charge in [0.25, 0.3) is 10.0 Å². The van der Waals surface area contributed by atoms with Crippen molar-refractivity contribution in [1.82, 2.24) is 0 Å². The van der Waals surface area contributed by atoms with E-state index in [1.807, 2.05) is 31.2 Å². The fraction of sp³-hybridized carbons (Fsp3) is 0.208. The zero-order valence-corrected chi connectivity index (χ0v) is 18.0. The van der Waals surface area contributed by atoms with Gasteiger partial charge in [0, 0.05) is 11.8 Å². The average Bonchev–Trinajstić information content (AvgIpc) is 2.67. The largest absolute Gasteiger partial charge is 0.279 e. The standard InChI is InChI=1S/C24H26N2O2S/c1-18-9-15-22(16-10-18)29(27,28)26-23-8-6-5-7-19(23)17-25-21-13-11-20(12-14-21)24(2,3)4/h5-17,26H,1-4H3. The van der Waals surface area contributed by atoms with Crippen LogP contribution < -0.4 is 4.72 Å². The van der Waals surface area contributed by atoms with E-state index >= 15 is 0 Å². The normalized spacial score (nSPS) is 12.3. The number of sulfonamides is 1. The average molecular weight is 407 g/mol. The van der Waals surface area contributed by atoms with E-state index in [2.05, 4.69) is 42.6 Å². The molecular formula is C24H26N2O2S. The van der Waals surface area contributed by atoms with Crippen molar-refractivity contribution in [3.8, 4) is 0 Å². The molecule has 0 heterocycles. The molecule has 0 saturated carbocycles. The summed E-state index contributed by atoms with van der Waals surface area (Å²) in [5.41, 5.74) is 4.33. The van der Waals surface area contributed by atoms with E-state index in [9.17, 15) is 8.42 Å².